The second-order valence-electron chi connectivity index (χ2n) is 5.82. The number of hydrogen-bond acceptors (Lipinski definition) is 4. The molecule has 25 heavy (non-hydrogen) atoms. The number of aliphatic imine (C=N–C) groups is 1. The fourth-order valence-corrected chi connectivity index (χ4v) is 4.16. The number of methoxy groups -OCH3 is 1. The second-order valence-corrected chi connectivity index (χ2v) is 7.55. The summed E-state index contributed by atoms with van der Waals surface area (Å²) in [6.07, 6.45) is 2.17. The number of rotatable bonds is 7. The molecule has 7 heteroatoms. The highest BCUT2D eigenvalue weighted by Gasteiger charge is 2.32. The van der Waals surface area contributed by atoms with Crippen LogP contribution in [0.2, 0.25) is 0 Å². The molecular formula is C18H30IN3O2S. The zero-order valence-electron chi connectivity index (χ0n) is 15.3. The van der Waals surface area contributed by atoms with E-state index >= 15 is 0 Å². The number of guanidine groups is 1. The van der Waals surface area contributed by atoms with Crippen LogP contribution >= 0.6 is 35.7 Å². The van der Waals surface area contributed by atoms with Gasteiger partial charge in [-0.1, -0.05) is 25.1 Å². The first-order valence-electron chi connectivity index (χ1n) is 8.51. The van der Waals surface area contributed by atoms with Crippen LogP contribution < -0.4 is 15.4 Å². The average molecular weight is 479 g/mol. The molecule has 1 aromatic carbocycles. The summed E-state index contributed by atoms with van der Waals surface area (Å²) in [5, 5.41) is 6.87. The molecule has 0 saturated carbocycles. The van der Waals surface area contributed by atoms with Gasteiger partial charge in [0, 0.05) is 43.7 Å². The van der Waals surface area contributed by atoms with Crippen LogP contribution in [0, 0.1) is 0 Å². The predicted molar refractivity (Wildman–Crippen MR) is 118 cm³/mol. The maximum Gasteiger partial charge on any atom is 0.191 e. The number of thioether (sulfide) groups is 1. The molecule has 1 aliphatic heterocycles. The van der Waals surface area contributed by atoms with Gasteiger partial charge in [0.15, 0.2) is 5.96 Å². The van der Waals surface area contributed by atoms with E-state index in [0.717, 1.165) is 55.6 Å². The highest BCUT2D eigenvalue weighted by molar-refractivity contribution is 14.0. The Hall–Kier alpha value is -0.670. The van der Waals surface area contributed by atoms with Crippen molar-refractivity contribution < 1.29 is 9.47 Å². The fraction of sp³-hybridized carbons (Fsp3) is 0.611. The van der Waals surface area contributed by atoms with Gasteiger partial charge < -0.3 is 20.1 Å². The van der Waals surface area contributed by atoms with Gasteiger partial charge >= 0.3 is 0 Å². The lowest BCUT2D eigenvalue weighted by Crippen LogP contribution is -2.48. The lowest BCUT2D eigenvalue weighted by molar-refractivity contribution is 0.0782. The Bertz CT molecular complexity index is 531. The summed E-state index contributed by atoms with van der Waals surface area (Å²) in [6.45, 7) is 5.50. The maximum atomic E-state index is 5.53. The van der Waals surface area contributed by atoms with E-state index in [4.69, 9.17) is 9.47 Å². The van der Waals surface area contributed by atoms with Crippen LogP contribution in [-0.2, 0) is 11.3 Å². The molecule has 0 unspecified atom stereocenters. The van der Waals surface area contributed by atoms with E-state index in [1.165, 1.54) is 0 Å². The van der Waals surface area contributed by atoms with Crippen LogP contribution in [0.5, 0.6) is 5.75 Å². The number of benzene rings is 1. The summed E-state index contributed by atoms with van der Waals surface area (Å²) >= 11 is 2.03. The van der Waals surface area contributed by atoms with Crippen molar-refractivity contribution in [2.45, 2.75) is 31.1 Å². The minimum atomic E-state index is 0. The van der Waals surface area contributed by atoms with E-state index in [-0.39, 0.29) is 28.7 Å². The monoisotopic (exact) mass is 479 g/mol. The van der Waals surface area contributed by atoms with Crippen molar-refractivity contribution in [3.8, 4) is 5.75 Å². The molecule has 0 amide bonds. The number of hydrogen-bond donors (Lipinski definition) is 2. The van der Waals surface area contributed by atoms with Crippen LogP contribution in [0.15, 0.2) is 29.3 Å². The predicted octanol–water partition coefficient (Wildman–Crippen LogP) is 3.28. The minimum absolute atomic E-state index is 0. The van der Waals surface area contributed by atoms with Crippen molar-refractivity contribution in [2.24, 2.45) is 4.99 Å². The number of ether oxygens (including phenoxy) is 2. The first kappa shape index (κ1) is 22.4. The average Bonchev–Trinajstić information content (AvgIpc) is 2.63. The molecule has 1 aliphatic rings. The van der Waals surface area contributed by atoms with Crippen molar-refractivity contribution in [3.63, 3.8) is 0 Å². The SMILES string of the molecule is CCSC1(CNC(=NC)NCc2ccccc2OC)CCOCC1.I. The lowest BCUT2D eigenvalue weighted by Gasteiger charge is -2.37. The maximum absolute atomic E-state index is 5.53. The topological polar surface area (TPSA) is 54.9 Å². The summed E-state index contributed by atoms with van der Waals surface area (Å²) in [5.41, 5.74) is 1.12. The molecule has 0 radical (unpaired) electrons. The fourth-order valence-electron chi connectivity index (χ4n) is 2.92. The Labute approximate surface area is 172 Å². The van der Waals surface area contributed by atoms with Crippen LogP contribution in [0.25, 0.3) is 0 Å². The van der Waals surface area contributed by atoms with Gasteiger partial charge in [-0.3, -0.25) is 4.99 Å². The Balaban J connectivity index is 0.00000312. The summed E-state index contributed by atoms with van der Waals surface area (Å²) < 4.78 is 11.2. The third-order valence-electron chi connectivity index (χ3n) is 4.29. The van der Waals surface area contributed by atoms with Gasteiger partial charge in [0.1, 0.15) is 5.75 Å². The van der Waals surface area contributed by atoms with Gasteiger partial charge in [-0.05, 0) is 24.7 Å². The lowest BCUT2D eigenvalue weighted by atomic mass is 9.99. The van der Waals surface area contributed by atoms with Crippen molar-refractivity contribution in [2.75, 3.05) is 39.7 Å². The number of nitrogens with one attached hydrogen (secondary N) is 2. The first-order valence-corrected chi connectivity index (χ1v) is 9.49. The molecule has 1 saturated heterocycles. The Morgan fingerprint density at radius 2 is 2.00 bits per heavy atom. The molecular weight excluding hydrogens is 449 g/mol. The Kier molecular flexibility index (Phi) is 10.6. The summed E-state index contributed by atoms with van der Waals surface area (Å²) in [7, 11) is 3.50. The van der Waals surface area contributed by atoms with E-state index in [1.54, 1.807) is 14.2 Å². The third kappa shape index (κ3) is 6.86. The molecule has 0 aromatic heterocycles. The molecule has 0 spiro atoms. The van der Waals surface area contributed by atoms with Gasteiger partial charge in [0.05, 0.1) is 7.11 Å². The van der Waals surface area contributed by atoms with Crippen molar-refractivity contribution in [3.05, 3.63) is 29.8 Å². The van der Waals surface area contributed by atoms with E-state index in [0.29, 0.717) is 6.54 Å². The molecule has 142 valence electrons. The van der Waals surface area contributed by atoms with E-state index in [2.05, 4.69) is 28.6 Å². The molecule has 1 heterocycles. The number of nitrogens with zero attached hydrogens (tertiary/aromatic N) is 1. The summed E-state index contributed by atoms with van der Waals surface area (Å²) in [5.74, 6) is 2.83. The third-order valence-corrected chi connectivity index (χ3v) is 5.75. The highest BCUT2D eigenvalue weighted by atomic mass is 127. The first-order chi connectivity index (χ1) is 11.7. The van der Waals surface area contributed by atoms with Gasteiger partial charge in [0.25, 0.3) is 0 Å². The zero-order valence-corrected chi connectivity index (χ0v) is 18.5. The van der Waals surface area contributed by atoms with Gasteiger partial charge in [0.2, 0.25) is 0 Å². The minimum Gasteiger partial charge on any atom is -0.496 e. The summed E-state index contributed by atoms with van der Waals surface area (Å²) in [6, 6.07) is 8.03. The van der Waals surface area contributed by atoms with E-state index in [1.807, 2.05) is 30.0 Å². The molecule has 2 N–H and O–H groups in total. The number of halogens is 1. The Morgan fingerprint density at radius 1 is 1.28 bits per heavy atom. The summed E-state index contributed by atoms with van der Waals surface area (Å²) in [4.78, 5) is 4.35. The quantitative estimate of drug-likeness (QED) is 0.357. The molecule has 1 aromatic rings. The van der Waals surface area contributed by atoms with E-state index < -0.39 is 0 Å². The van der Waals surface area contributed by atoms with Gasteiger partial charge in [-0.2, -0.15) is 11.8 Å². The zero-order chi connectivity index (χ0) is 17.3. The standard InChI is InChI=1S/C18H29N3O2S.HI/c1-4-24-18(9-11-23-12-10-18)14-21-17(19-2)20-13-15-7-5-6-8-16(15)22-3;/h5-8H,4,9-14H2,1-3H3,(H2,19,20,21);1H. The smallest absolute Gasteiger partial charge is 0.191 e. The van der Waals surface area contributed by atoms with Crippen molar-refractivity contribution in [1.82, 2.24) is 10.6 Å². The van der Waals surface area contributed by atoms with Gasteiger partial charge in [-0.15, -0.1) is 24.0 Å². The van der Waals surface area contributed by atoms with Gasteiger partial charge in [-0.25, -0.2) is 0 Å². The normalized spacial score (nSPS) is 16.7. The molecule has 1 fully saturated rings. The van der Waals surface area contributed by atoms with E-state index in [9.17, 15) is 0 Å². The van der Waals surface area contributed by atoms with Crippen LogP contribution in [0.3, 0.4) is 0 Å². The van der Waals surface area contributed by atoms with Crippen LogP contribution in [0.4, 0.5) is 0 Å². The molecule has 5 nitrogen and oxygen atoms in total. The van der Waals surface area contributed by atoms with Crippen LogP contribution in [-0.4, -0.2) is 50.4 Å². The molecule has 0 bridgehead atoms. The highest BCUT2D eigenvalue weighted by Crippen LogP contribution is 2.34. The number of para-hydroxylation sites is 1. The molecule has 0 aliphatic carbocycles. The largest absolute Gasteiger partial charge is 0.496 e. The van der Waals surface area contributed by atoms with Crippen molar-refractivity contribution in [1.29, 1.82) is 0 Å². The van der Waals surface area contributed by atoms with Crippen LogP contribution in [0.1, 0.15) is 25.3 Å². The molecule has 2 rings (SSSR count). The second kappa shape index (κ2) is 11.9. The Morgan fingerprint density at radius 3 is 2.64 bits per heavy atom. The van der Waals surface area contributed by atoms with Crippen molar-refractivity contribution >= 4 is 41.7 Å². The molecule has 0 atom stereocenters.